The van der Waals surface area contributed by atoms with Gasteiger partial charge < -0.3 is 5.11 Å². The molecule has 84 valence electrons. The van der Waals surface area contributed by atoms with E-state index in [0.29, 0.717) is 0 Å². The fraction of sp³-hybridized carbons (Fsp3) is 0.571. The molecule has 0 aliphatic carbocycles. The first-order chi connectivity index (χ1) is 6.83. The second-order valence-electron chi connectivity index (χ2n) is 5.26. The Morgan fingerprint density at radius 3 is 2.33 bits per heavy atom. The molecule has 1 aromatic carbocycles. The van der Waals surface area contributed by atoms with Crippen molar-refractivity contribution in [2.75, 3.05) is 0 Å². The number of aliphatic hydroxyl groups excluding tert-OH is 1. The third kappa shape index (κ3) is 3.07. The molecule has 0 spiro atoms. The van der Waals surface area contributed by atoms with E-state index in [1.165, 1.54) is 16.7 Å². The van der Waals surface area contributed by atoms with Crippen molar-refractivity contribution in [3.05, 3.63) is 34.9 Å². The Morgan fingerprint density at radius 1 is 1.27 bits per heavy atom. The lowest BCUT2D eigenvalue weighted by Crippen LogP contribution is -2.24. The fourth-order valence-electron chi connectivity index (χ4n) is 2.42. The highest BCUT2D eigenvalue weighted by atomic mass is 16.3. The Hall–Kier alpha value is -0.820. The molecule has 0 bridgehead atoms. The monoisotopic (exact) mass is 206 g/mol. The number of benzene rings is 1. The van der Waals surface area contributed by atoms with Gasteiger partial charge in [0.05, 0.1) is 6.10 Å². The molecule has 1 nitrogen and oxygen atoms in total. The van der Waals surface area contributed by atoms with Crippen molar-refractivity contribution < 1.29 is 5.11 Å². The predicted octanol–water partition coefficient (Wildman–Crippen LogP) is 3.35. The smallest absolute Gasteiger partial charge is 0.0520 e. The van der Waals surface area contributed by atoms with Crippen LogP contribution >= 0.6 is 0 Å². The second kappa shape index (κ2) is 4.36. The van der Waals surface area contributed by atoms with E-state index < -0.39 is 0 Å². The zero-order valence-electron chi connectivity index (χ0n) is 10.5. The molecule has 0 fully saturated rings. The van der Waals surface area contributed by atoms with Crippen LogP contribution in [0.25, 0.3) is 0 Å². The first kappa shape index (κ1) is 12.3. The second-order valence-corrected chi connectivity index (χ2v) is 5.26. The molecule has 1 aromatic rings. The van der Waals surface area contributed by atoms with Crippen LogP contribution in [-0.2, 0) is 5.41 Å². The predicted molar refractivity (Wildman–Crippen MR) is 65.2 cm³/mol. The van der Waals surface area contributed by atoms with Crippen molar-refractivity contribution in [1.29, 1.82) is 0 Å². The first-order valence-electron chi connectivity index (χ1n) is 5.59. The van der Waals surface area contributed by atoms with E-state index in [0.717, 1.165) is 6.42 Å². The van der Waals surface area contributed by atoms with Gasteiger partial charge in [0.15, 0.2) is 0 Å². The molecule has 0 aromatic heterocycles. The maximum Gasteiger partial charge on any atom is 0.0520 e. The maximum atomic E-state index is 9.49. The molecule has 1 atom stereocenters. The van der Waals surface area contributed by atoms with Crippen molar-refractivity contribution in [3.8, 4) is 0 Å². The molecular formula is C14H22O. The Kier molecular flexibility index (Phi) is 3.56. The molecular weight excluding hydrogens is 184 g/mol. The van der Waals surface area contributed by atoms with Crippen LogP contribution in [0.15, 0.2) is 18.2 Å². The summed E-state index contributed by atoms with van der Waals surface area (Å²) in [6, 6.07) is 6.54. The molecule has 1 N–H and O–H groups in total. The molecule has 0 aliphatic heterocycles. The molecule has 0 saturated carbocycles. The lowest BCUT2D eigenvalue weighted by molar-refractivity contribution is 0.156. The van der Waals surface area contributed by atoms with E-state index >= 15 is 0 Å². The topological polar surface area (TPSA) is 20.2 Å². The van der Waals surface area contributed by atoms with Crippen molar-refractivity contribution in [1.82, 2.24) is 0 Å². The molecule has 0 amide bonds. The summed E-state index contributed by atoms with van der Waals surface area (Å²) in [4.78, 5) is 0. The van der Waals surface area contributed by atoms with E-state index in [2.05, 4.69) is 45.9 Å². The van der Waals surface area contributed by atoms with Gasteiger partial charge in [-0.25, -0.2) is 0 Å². The van der Waals surface area contributed by atoms with E-state index in [4.69, 9.17) is 0 Å². The summed E-state index contributed by atoms with van der Waals surface area (Å²) in [6.07, 6.45) is 0.553. The SMILES string of the molecule is Cc1ccc(C(C)(C)CC(C)O)c(C)c1. The Bertz CT molecular complexity index is 337. The molecule has 1 rings (SSSR count). The van der Waals surface area contributed by atoms with E-state index in [1.807, 2.05) is 6.92 Å². The summed E-state index contributed by atoms with van der Waals surface area (Å²) in [5.41, 5.74) is 4.00. The van der Waals surface area contributed by atoms with E-state index in [9.17, 15) is 5.11 Å². The summed E-state index contributed by atoms with van der Waals surface area (Å²) in [7, 11) is 0. The zero-order chi connectivity index (χ0) is 11.6. The minimum absolute atomic E-state index is 0.0476. The molecule has 15 heavy (non-hydrogen) atoms. The van der Waals surface area contributed by atoms with Gasteiger partial charge in [0.25, 0.3) is 0 Å². The minimum Gasteiger partial charge on any atom is -0.393 e. The highest BCUT2D eigenvalue weighted by Gasteiger charge is 2.24. The number of aryl methyl sites for hydroxylation is 2. The van der Waals surface area contributed by atoms with Crippen molar-refractivity contribution in [2.24, 2.45) is 0 Å². The maximum absolute atomic E-state index is 9.49. The van der Waals surface area contributed by atoms with Gasteiger partial charge in [0.1, 0.15) is 0 Å². The summed E-state index contributed by atoms with van der Waals surface area (Å²) >= 11 is 0. The van der Waals surface area contributed by atoms with E-state index in [-0.39, 0.29) is 11.5 Å². The van der Waals surface area contributed by atoms with Gasteiger partial charge in [-0.15, -0.1) is 0 Å². The standard InChI is InChI=1S/C14H22O/c1-10-6-7-13(11(2)8-10)14(4,5)9-12(3)15/h6-8,12,15H,9H2,1-5H3. The third-order valence-electron chi connectivity index (χ3n) is 2.92. The van der Waals surface area contributed by atoms with E-state index in [1.54, 1.807) is 0 Å². The molecule has 0 heterocycles. The van der Waals surface area contributed by atoms with Crippen LogP contribution in [0, 0.1) is 13.8 Å². The van der Waals surface area contributed by atoms with Gasteiger partial charge in [0, 0.05) is 0 Å². The van der Waals surface area contributed by atoms with Gasteiger partial charge in [-0.05, 0) is 43.7 Å². The molecule has 0 radical (unpaired) electrons. The summed E-state index contributed by atoms with van der Waals surface area (Å²) < 4.78 is 0. The largest absolute Gasteiger partial charge is 0.393 e. The molecule has 0 aliphatic rings. The van der Waals surface area contributed by atoms with Gasteiger partial charge in [-0.2, -0.15) is 0 Å². The number of hydrogen-bond acceptors (Lipinski definition) is 1. The van der Waals surface area contributed by atoms with Crippen LogP contribution in [0.3, 0.4) is 0 Å². The van der Waals surface area contributed by atoms with Crippen LogP contribution in [-0.4, -0.2) is 11.2 Å². The van der Waals surface area contributed by atoms with Crippen molar-refractivity contribution in [3.63, 3.8) is 0 Å². The summed E-state index contributed by atoms with van der Waals surface area (Å²) in [5, 5.41) is 9.49. The number of aliphatic hydroxyl groups is 1. The molecule has 0 saturated heterocycles. The lowest BCUT2D eigenvalue weighted by atomic mass is 9.77. The van der Waals surface area contributed by atoms with Gasteiger partial charge >= 0.3 is 0 Å². The lowest BCUT2D eigenvalue weighted by Gasteiger charge is -2.28. The van der Waals surface area contributed by atoms with Gasteiger partial charge in [-0.3, -0.25) is 0 Å². The number of hydrogen-bond donors (Lipinski definition) is 1. The Labute approximate surface area is 93.1 Å². The summed E-state index contributed by atoms with van der Waals surface area (Å²) in [6.45, 7) is 10.5. The highest BCUT2D eigenvalue weighted by Crippen LogP contribution is 2.31. The van der Waals surface area contributed by atoms with Crippen LogP contribution < -0.4 is 0 Å². The van der Waals surface area contributed by atoms with Crippen LogP contribution in [0.1, 0.15) is 43.9 Å². The third-order valence-corrected chi connectivity index (χ3v) is 2.92. The average Bonchev–Trinajstić information content (AvgIpc) is 1.99. The molecule has 1 unspecified atom stereocenters. The van der Waals surface area contributed by atoms with Gasteiger partial charge in [0.2, 0.25) is 0 Å². The van der Waals surface area contributed by atoms with Crippen LogP contribution in [0.2, 0.25) is 0 Å². The first-order valence-corrected chi connectivity index (χ1v) is 5.59. The van der Waals surface area contributed by atoms with Crippen LogP contribution in [0.5, 0.6) is 0 Å². The minimum atomic E-state index is -0.249. The normalized spacial score (nSPS) is 14.0. The quantitative estimate of drug-likeness (QED) is 0.804. The fourth-order valence-corrected chi connectivity index (χ4v) is 2.42. The summed E-state index contributed by atoms with van der Waals surface area (Å²) in [5.74, 6) is 0. The van der Waals surface area contributed by atoms with Crippen LogP contribution in [0.4, 0.5) is 0 Å². The average molecular weight is 206 g/mol. The van der Waals surface area contributed by atoms with Crippen molar-refractivity contribution in [2.45, 2.75) is 52.6 Å². The van der Waals surface area contributed by atoms with Crippen molar-refractivity contribution >= 4 is 0 Å². The van der Waals surface area contributed by atoms with Gasteiger partial charge in [-0.1, -0.05) is 37.6 Å². The Balaban J connectivity index is 3.04. The highest BCUT2D eigenvalue weighted by molar-refractivity contribution is 5.35. The zero-order valence-corrected chi connectivity index (χ0v) is 10.5. The number of rotatable bonds is 3. The molecule has 1 heteroatoms. The Morgan fingerprint density at radius 2 is 1.87 bits per heavy atom.